The van der Waals surface area contributed by atoms with E-state index >= 15 is 0 Å². The maximum Gasteiger partial charge on any atom is 0.205 e. The Labute approximate surface area is 107 Å². The Bertz CT molecular complexity index is 418. The third-order valence-corrected chi connectivity index (χ3v) is 5.41. The summed E-state index contributed by atoms with van der Waals surface area (Å²) in [6.45, 7) is 8.63. The Kier molecular flexibility index (Phi) is 2.94. The Morgan fingerprint density at radius 2 is 2.06 bits per heavy atom. The second-order valence-corrected chi connectivity index (χ2v) is 6.34. The number of hydrogen-bond donors (Lipinski definition) is 0. The lowest BCUT2D eigenvalue weighted by molar-refractivity contribution is -0.172. The molecular weight excluding hydrogens is 234 g/mol. The van der Waals surface area contributed by atoms with Gasteiger partial charge in [0.25, 0.3) is 0 Å². The van der Waals surface area contributed by atoms with E-state index in [4.69, 9.17) is 4.74 Å². The quantitative estimate of drug-likeness (QED) is 0.831. The van der Waals surface area contributed by atoms with E-state index in [0.717, 1.165) is 17.4 Å². The number of ether oxygens (including phenoxy) is 1. The minimum absolute atomic E-state index is 0.0361. The van der Waals surface area contributed by atoms with Crippen molar-refractivity contribution in [2.45, 2.75) is 45.8 Å². The smallest absolute Gasteiger partial charge is 0.205 e. The third kappa shape index (κ3) is 1.76. The third-order valence-electron chi connectivity index (χ3n) is 4.52. The highest BCUT2D eigenvalue weighted by atomic mass is 32.1. The highest BCUT2D eigenvalue weighted by molar-refractivity contribution is 7.09. The van der Waals surface area contributed by atoms with Crippen LogP contribution in [0.2, 0.25) is 0 Å². The largest absolute Gasteiger partial charge is 0.378 e. The summed E-state index contributed by atoms with van der Waals surface area (Å²) in [5, 5.41) is 0.999. The molecule has 1 aliphatic rings. The lowest BCUT2D eigenvalue weighted by Gasteiger charge is -2.61. The molecule has 1 fully saturated rings. The highest BCUT2D eigenvalue weighted by Crippen LogP contribution is 2.54. The van der Waals surface area contributed by atoms with E-state index in [-0.39, 0.29) is 11.0 Å². The lowest BCUT2D eigenvalue weighted by Crippen LogP contribution is -2.68. The fourth-order valence-electron chi connectivity index (χ4n) is 2.64. The van der Waals surface area contributed by atoms with Crippen molar-refractivity contribution in [3.8, 4) is 0 Å². The zero-order valence-corrected chi connectivity index (χ0v) is 12.3. The van der Waals surface area contributed by atoms with Crippen molar-refractivity contribution in [2.75, 3.05) is 19.1 Å². The predicted octanol–water partition coefficient (Wildman–Crippen LogP) is 2.49. The highest BCUT2D eigenvalue weighted by Gasteiger charge is 2.59. The number of hydrogen-bond acceptors (Lipinski definition) is 5. The molecule has 1 aromatic heterocycles. The molecular formula is C12H21N3OS. The molecule has 0 radical (unpaired) electrons. The molecule has 0 spiro atoms. The summed E-state index contributed by atoms with van der Waals surface area (Å²) >= 11 is 1.47. The van der Waals surface area contributed by atoms with Crippen LogP contribution in [0.5, 0.6) is 0 Å². The Morgan fingerprint density at radius 1 is 1.41 bits per heavy atom. The summed E-state index contributed by atoms with van der Waals surface area (Å²) < 4.78 is 9.89. The Hall–Kier alpha value is -0.680. The number of anilines is 1. The van der Waals surface area contributed by atoms with Gasteiger partial charge in [-0.1, -0.05) is 13.8 Å². The van der Waals surface area contributed by atoms with Crippen LogP contribution in [0, 0.1) is 12.3 Å². The SMILES string of the molecule is COC1(C)CC(N(C)c2nc(C)ns2)C1(C)C. The Morgan fingerprint density at radius 3 is 2.47 bits per heavy atom. The molecule has 1 saturated carbocycles. The maximum atomic E-state index is 5.65. The normalized spacial score (nSPS) is 31.1. The molecule has 0 aliphatic heterocycles. The minimum atomic E-state index is -0.0361. The summed E-state index contributed by atoms with van der Waals surface area (Å²) in [5.41, 5.74) is 0.0851. The van der Waals surface area contributed by atoms with Gasteiger partial charge in [0.05, 0.1) is 5.60 Å². The standard InChI is InChI=1S/C12H21N3OS/c1-8-13-10(17-14-8)15(5)9-7-12(4,16-6)11(9,2)3/h9H,7H2,1-6H3. The van der Waals surface area contributed by atoms with Crippen molar-refractivity contribution in [2.24, 2.45) is 5.41 Å². The molecule has 0 N–H and O–H groups in total. The van der Waals surface area contributed by atoms with Crippen LogP contribution in [-0.2, 0) is 4.74 Å². The molecule has 4 nitrogen and oxygen atoms in total. The van der Waals surface area contributed by atoms with Crippen LogP contribution in [0.3, 0.4) is 0 Å². The summed E-state index contributed by atoms with van der Waals surface area (Å²) in [6, 6.07) is 0.458. The first kappa shape index (κ1) is 12.8. The van der Waals surface area contributed by atoms with Crippen molar-refractivity contribution in [1.29, 1.82) is 0 Å². The van der Waals surface area contributed by atoms with Crippen molar-refractivity contribution >= 4 is 16.7 Å². The van der Waals surface area contributed by atoms with E-state index in [1.165, 1.54) is 11.5 Å². The van der Waals surface area contributed by atoms with E-state index in [0.29, 0.717) is 6.04 Å². The fourth-order valence-corrected chi connectivity index (χ4v) is 3.32. The van der Waals surface area contributed by atoms with Crippen LogP contribution >= 0.6 is 11.5 Å². The second kappa shape index (κ2) is 3.92. The van der Waals surface area contributed by atoms with Gasteiger partial charge in [-0.25, -0.2) is 4.98 Å². The second-order valence-electron chi connectivity index (χ2n) is 5.61. The number of aromatic nitrogens is 2. The minimum Gasteiger partial charge on any atom is -0.378 e. The average molecular weight is 255 g/mol. The Balaban J connectivity index is 2.16. The van der Waals surface area contributed by atoms with Gasteiger partial charge in [0.1, 0.15) is 5.82 Å². The van der Waals surface area contributed by atoms with Crippen LogP contribution < -0.4 is 4.90 Å². The van der Waals surface area contributed by atoms with Crippen molar-refractivity contribution in [3.63, 3.8) is 0 Å². The van der Waals surface area contributed by atoms with Crippen LogP contribution in [0.25, 0.3) is 0 Å². The van der Waals surface area contributed by atoms with Gasteiger partial charge in [-0.2, -0.15) is 4.37 Å². The number of aryl methyl sites for hydroxylation is 1. The van der Waals surface area contributed by atoms with Crippen molar-refractivity contribution in [1.82, 2.24) is 9.36 Å². The van der Waals surface area contributed by atoms with Gasteiger partial charge in [-0.3, -0.25) is 0 Å². The summed E-state index contributed by atoms with van der Waals surface area (Å²) in [7, 11) is 3.90. The van der Waals surface area contributed by atoms with Gasteiger partial charge < -0.3 is 9.64 Å². The maximum absolute atomic E-state index is 5.65. The van der Waals surface area contributed by atoms with E-state index in [2.05, 4.69) is 42.1 Å². The molecule has 0 amide bonds. The molecule has 0 saturated heterocycles. The number of nitrogens with zero attached hydrogens (tertiary/aromatic N) is 3. The molecule has 5 heteroatoms. The van der Waals surface area contributed by atoms with Crippen LogP contribution in [0.1, 0.15) is 33.0 Å². The van der Waals surface area contributed by atoms with Gasteiger partial charge in [0.2, 0.25) is 5.13 Å². The average Bonchev–Trinajstić information content (AvgIpc) is 2.71. The zero-order valence-electron chi connectivity index (χ0n) is 11.4. The summed E-state index contributed by atoms with van der Waals surface area (Å²) in [5.74, 6) is 0.850. The predicted molar refractivity (Wildman–Crippen MR) is 70.6 cm³/mol. The van der Waals surface area contributed by atoms with Crippen molar-refractivity contribution in [3.05, 3.63) is 5.82 Å². The van der Waals surface area contributed by atoms with E-state index < -0.39 is 0 Å². The van der Waals surface area contributed by atoms with E-state index in [1.54, 1.807) is 7.11 Å². The molecule has 1 aliphatic carbocycles. The molecule has 1 aromatic rings. The molecule has 0 aromatic carbocycles. The molecule has 17 heavy (non-hydrogen) atoms. The van der Waals surface area contributed by atoms with Gasteiger partial charge in [-0.05, 0) is 20.3 Å². The van der Waals surface area contributed by atoms with Crippen LogP contribution in [0.15, 0.2) is 0 Å². The monoisotopic (exact) mass is 255 g/mol. The van der Waals surface area contributed by atoms with Crippen LogP contribution in [-0.4, -0.2) is 35.2 Å². The number of methoxy groups -OCH3 is 1. The first-order valence-corrected chi connectivity index (χ1v) is 6.67. The molecule has 1 heterocycles. The molecule has 0 bridgehead atoms. The van der Waals surface area contributed by atoms with Gasteiger partial charge in [-0.15, -0.1) is 0 Å². The molecule has 2 atom stereocenters. The lowest BCUT2D eigenvalue weighted by atomic mass is 9.55. The van der Waals surface area contributed by atoms with Crippen molar-refractivity contribution < 1.29 is 4.74 Å². The van der Waals surface area contributed by atoms with Crippen LogP contribution in [0.4, 0.5) is 5.13 Å². The molecule has 2 rings (SSSR count). The number of rotatable bonds is 3. The first-order valence-electron chi connectivity index (χ1n) is 5.90. The first-order chi connectivity index (χ1) is 7.82. The zero-order chi connectivity index (χ0) is 12.8. The van der Waals surface area contributed by atoms with Gasteiger partial charge in [0.15, 0.2) is 0 Å². The molecule has 2 unspecified atom stereocenters. The van der Waals surface area contributed by atoms with Gasteiger partial charge >= 0.3 is 0 Å². The molecule has 96 valence electrons. The van der Waals surface area contributed by atoms with E-state index in [1.807, 2.05) is 6.92 Å². The van der Waals surface area contributed by atoms with E-state index in [9.17, 15) is 0 Å². The summed E-state index contributed by atoms with van der Waals surface area (Å²) in [4.78, 5) is 6.69. The fraction of sp³-hybridized carbons (Fsp3) is 0.833. The summed E-state index contributed by atoms with van der Waals surface area (Å²) in [6.07, 6.45) is 1.03. The topological polar surface area (TPSA) is 38.2 Å². The van der Waals surface area contributed by atoms with Gasteiger partial charge in [0, 0.05) is 37.1 Å².